The molecule has 2 atom stereocenters. The first-order valence-corrected chi connectivity index (χ1v) is 7.99. The minimum atomic E-state index is -0.948. The van der Waals surface area contributed by atoms with Crippen LogP contribution >= 0.6 is 0 Å². The highest BCUT2D eigenvalue weighted by atomic mass is 16.6. The number of fused-ring (bicyclic) bond motifs is 1. The van der Waals surface area contributed by atoms with E-state index in [9.17, 15) is 14.7 Å². The van der Waals surface area contributed by atoms with Crippen LogP contribution in [-0.2, 0) is 9.53 Å². The van der Waals surface area contributed by atoms with E-state index in [2.05, 4.69) is 0 Å². The minimum Gasteiger partial charge on any atom is -0.443 e. The van der Waals surface area contributed by atoms with Crippen molar-refractivity contribution in [3.8, 4) is 0 Å². The number of hydrogen-bond acceptors (Lipinski definition) is 4. The Morgan fingerprint density at radius 2 is 1.83 bits per heavy atom. The van der Waals surface area contributed by atoms with Gasteiger partial charge in [0.1, 0.15) is 5.60 Å². The van der Waals surface area contributed by atoms with Crippen LogP contribution in [0.15, 0.2) is 42.5 Å². The fraction of sp³-hybridized carbons (Fsp3) is 0.368. The average molecular weight is 327 g/mol. The summed E-state index contributed by atoms with van der Waals surface area (Å²) < 4.78 is 5.36. The third kappa shape index (κ3) is 2.99. The van der Waals surface area contributed by atoms with Gasteiger partial charge in [-0.05, 0) is 37.1 Å². The molecule has 1 heterocycles. The van der Waals surface area contributed by atoms with E-state index in [0.717, 1.165) is 21.2 Å². The maximum absolute atomic E-state index is 12.5. The molecule has 126 valence electrons. The molecule has 1 aliphatic rings. The van der Waals surface area contributed by atoms with Gasteiger partial charge in [-0.1, -0.05) is 42.5 Å². The van der Waals surface area contributed by atoms with Gasteiger partial charge in [0.25, 0.3) is 0 Å². The second kappa shape index (κ2) is 5.91. The first kappa shape index (κ1) is 16.5. The molecule has 1 aliphatic heterocycles. The number of nitrogens with zero attached hydrogens (tertiary/aromatic N) is 1. The number of benzene rings is 2. The number of carbonyl (C=O) groups is 2. The molecular formula is C19H21NO4. The summed E-state index contributed by atoms with van der Waals surface area (Å²) in [7, 11) is 0. The molecule has 24 heavy (non-hydrogen) atoms. The van der Waals surface area contributed by atoms with Crippen LogP contribution in [0, 0.1) is 0 Å². The SMILES string of the molecule is CC(C)(C)OC(=O)N1C(=O)CC(O)C1c1cccc2ccccc12. The third-order valence-electron chi connectivity index (χ3n) is 4.03. The maximum atomic E-state index is 12.5. The number of carbonyl (C=O) groups excluding carboxylic acids is 2. The number of aliphatic hydroxyl groups excluding tert-OH is 1. The maximum Gasteiger partial charge on any atom is 0.417 e. The summed E-state index contributed by atoms with van der Waals surface area (Å²) >= 11 is 0. The van der Waals surface area contributed by atoms with Crippen LogP contribution in [0.3, 0.4) is 0 Å². The van der Waals surface area contributed by atoms with Gasteiger partial charge in [0, 0.05) is 0 Å². The molecule has 0 spiro atoms. The Balaban J connectivity index is 2.06. The van der Waals surface area contributed by atoms with Crippen LogP contribution in [0.5, 0.6) is 0 Å². The first-order valence-electron chi connectivity index (χ1n) is 7.99. The van der Waals surface area contributed by atoms with Crippen molar-refractivity contribution in [1.29, 1.82) is 0 Å². The standard InChI is InChI=1S/C19H21NO4/c1-19(2,3)24-18(23)20-16(22)11-15(21)17(20)14-10-6-8-12-7-4-5-9-13(12)14/h4-10,15,17,21H,11H2,1-3H3. The molecule has 1 saturated heterocycles. The zero-order chi connectivity index (χ0) is 17.5. The lowest BCUT2D eigenvalue weighted by atomic mass is 9.96. The van der Waals surface area contributed by atoms with Gasteiger partial charge < -0.3 is 9.84 Å². The van der Waals surface area contributed by atoms with Crippen molar-refractivity contribution in [2.24, 2.45) is 0 Å². The summed E-state index contributed by atoms with van der Waals surface area (Å²) in [5.41, 5.74) is 0.0334. The van der Waals surface area contributed by atoms with E-state index in [-0.39, 0.29) is 6.42 Å². The highest BCUT2D eigenvalue weighted by Crippen LogP contribution is 2.37. The lowest BCUT2D eigenvalue weighted by molar-refractivity contribution is -0.128. The van der Waals surface area contributed by atoms with Crippen LogP contribution in [0.1, 0.15) is 38.8 Å². The fourth-order valence-corrected chi connectivity index (χ4v) is 3.10. The van der Waals surface area contributed by atoms with Gasteiger partial charge in [0.15, 0.2) is 0 Å². The van der Waals surface area contributed by atoms with Gasteiger partial charge in [-0.15, -0.1) is 0 Å². The molecule has 0 aliphatic carbocycles. The van der Waals surface area contributed by atoms with Crippen molar-refractivity contribution >= 4 is 22.8 Å². The van der Waals surface area contributed by atoms with Crippen LogP contribution < -0.4 is 0 Å². The Hall–Kier alpha value is -2.40. The van der Waals surface area contributed by atoms with E-state index >= 15 is 0 Å². The summed E-state index contributed by atoms with van der Waals surface area (Å²) in [4.78, 5) is 25.9. The highest BCUT2D eigenvalue weighted by molar-refractivity contribution is 5.96. The summed E-state index contributed by atoms with van der Waals surface area (Å²) in [5, 5.41) is 12.3. The molecule has 0 saturated carbocycles. The van der Waals surface area contributed by atoms with Crippen molar-refractivity contribution < 1.29 is 19.4 Å². The van der Waals surface area contributed by atoms with Crippen molar-refractivity contribution in [2.45, 2.75) is 44.9 Å². The van der Waals surface area contributed by atoms with Gasteiger partial charge in [-0.2, -0.15) is 0 Å². The molecule has 2 aromatic rings. The lowest BCUT2D eigenvalue weighted by Gasteiger charge is -2.29. The average Bonchev–Trinajstić information content (AvgIpc) is 2.79. The Morgan fingerprint density at radius 3 is 2.54 bits per heavy atom. The summed E-state index contributed by atoms with van der Waals surface area (Å²) in [6, 6.07) is 12.6. The topological polar surface area (TPSA) is 66.8 Å². The van der Waals surface area contributed by atoms with E-state index in [0.29, 0.717) is 0 Å². The second-order valence-electron chi connectivity index (χ2n) is 7.03. The predicted molar refractivity (Wildman–Crippen MR) is 90.4 cm³/mol. The third-order valence-corrected chi connectivity index (χ3v) is 4.03. The molecule has 1 N–H and O–H groups in total. The smallest absolute Gasteiger partial charge is 0.417 e. The second-order valence-corrected chi connectivity index (χ2v) is 7.03. The van der Waals surface area contributed by atoms with Gasteiger partial charge in [0.05, 0.1) is 18.6 Å². The number of ether oxygens (including phenoxy) is 1. The van der Waals surface area contributed by atoms with E-state index in [1.54, 1.807) is 20.8 Å². The van der Waals surface area contributed by atoms with Crippen molar-refractivity contribution in [3.05, 3.63) is 48.0 Å². The molecule has 0 aromatic heterocycles. The predicted octanol–water partition coefficient (Wildman–Crippen LogP) is 3.41. The number of likely N-dealkylation sites (tertiary alicyclic amines) is 1. The van der Waals surface area contributed by atoms with Crippen LogP contribution in [-0.4, -0.2) is 33.7 Å². The van der Waals surface area contributed by atoms with Gasteiger partial charge in [0.2, 0.25) is 5.91 Å². The van der Waals surface area contributed by atoms with E-state index in [1.165, 1.54) is 0 Å². The Bertz CT molecular complexity index is 788. The molecule has 5 heteroatoms. The quantitative estimate of drug-likeness (QED) is 0.871. The Morgan fingerprint density at radius 1 is 1.17 bits per heavy atom. The van der Waals surface area contributed by atoms with Crippen molar-refractivity contribution in [2.75, 3.05) is 0 Å². The zero-order valence-corrected chi connectivity index (χ0v) is 14.0. The molecule has 2 amide bonds. The highest BCUT2D eigenvalue weighted by Gasteiger charge is 2.45. The molecule has 0 radical (unpaired) electrons. The van der Waals surface area contributed by atoms with Crippen molar-refractivity contribution in [1.82, 2.24) is 4.90 Å². The number of aliphatic hydroxyl groups is 1. The Kier molecular flexibility index (Phi) is 4.05. The number of rotatable bonds is 1. The van der Waals surface area contributed by atoms with Gasteiger partial charge >= 0.3 is 6.09 Å². The summed E-state index contributed by atoms with van der Waals surface area (Å²) in [6.07, 6.45) is -1.76. The number of hydrogen-bond donors (Lipinski definition) is 1. The monoisotopic (exact) mass is 327 g/mol. The molecule has 2 aromatic carbocycles. The molecular weight excluding hydrogens is 306 g/mol. The van der Waals surface area contributed by atoms with Gasteiger partial charge in [-0.3, -0.25) is 4.79 Å². The number of amides is 2. The molecule has 3 rings (SSSR count). The molecule has 2 unspecified atom stereocenters. The van der Waals surface area contributed by atoms with Crippen LogP contribution in [0.2, 0.25) is 0 Å². The van der Waals surface area contributed by atoms with E-state index in [4.69, 9.17) is 4.74 Å². The fourth-order valence-electron chi connectivity index (χ4n) is 3.10. The van der Waals surface area contributed by atoms with E-state index in [1.807, 2.05) is 42.5 Å². The minimum absolute atomic E-state index is 0.0901. The van der Waals surface area contributed by atoms with Crippen molar-refractivity contribution in [3.63, 3.8) is 0 Å². The van der Waals surface area contributed by atoms with E-state index < -0.39 is 29.7 Å². The summed E-state index contributed by atoms with van der Waals surface area (Å²) in [6.45, 7) is 5.23. The van der Waals surface area contributed by atoms with Crippen LogP contribution in [0.25, 0.3) is 10.8 Å². The lowest BCUT2D eigenvalue weighted by Crippen LogP contribution is -2.40. The molecule has 5 nitrogen and oxygen atoms in total. The Labute approximate surface area is 140 Å². The van der Waals surface area contributed by atoms with Gasteiger partial charge in [-0.25, -0.2) is 9.69 Å². The molecule has 1 fully saturated rings. The number of imide groups is 1. The first-order chi connectivity index (χ1) is 11.3. The largest absolute Gasteiger partial charge is 0.443 e. The summed E-state index contributed by atoms with van der Waals surface area (Å²) in [5.74, 6) is -0.422. The molecule has 0 bridgehead atoms. The normalized spacial score (nSPS) is 21.3. The zero-order valence-electron chi connectivity index (χ0n) is 14.0. The van der Waals surface area contributed by atoms with Crippen LogP contribution in [0.4, 0.5) is 4.79 Å².